The quantitative estimate of drug-likeness (QED) is 0.261. The number of fused-ring (bicyclic) bond motifs is 2. The van der Waals surface area contributed by atoms with E-state index < -0.39 is 88.9 Å². The van der Waals surface area contributed by atoms with E-state index >= 15 is 0 Å². The first kappa shape index (κ1) is 27.7. The third kappa shape index (κ3) is 3.77. The maximum atomic E-state index is 13.4. The number of Topliss-reactive ketones (excluding diaryl/α,β-unsaturated/α-hetero) is 1. The molecule has 11 nitrogen and oxygen atoms in total. The lowest BCUT2D eigenvalue weighted by molar-refractivity contribution is -0.265. The summed E-state index contributed by atoms with van der Waals surface area (Å²) >= 11 is 0. The average molecular weight is 525 g/mol. The highest BCUT2D eigenvalue weighted by molar-refractivity contribution is 5.85. The Balaban J connectivity index is 2.07. The summed E-state index contributed by atoms with van der Waals surface area (Å²) in [6.45, 7) is 9.12. The number of rotatable bonds is 4. The predicted octanol–water partition coefficient (Wildman–Crippen LogP) is 0.215. The van der Waals surface area contributed by atoms with Gasteiger partial charge in [-0.2, -0.15) is 0 Å². The zero-order chi connectivity index (χ0) is 27.9. The van der Waals surface area contributed by atoms with Crippen LogP contribution in [0.3, 0.4) is 0 Å². The Hall–Kier alpha value is -2.34. The monoisotopic (exact) mass is 524 g/mol. The topological polar surface area (TPSA) is 166 Å². The normalized spacial score (nSPS) is 45.7. The second kappa shape index (κ2) is 8.59. The van der Waals surface area contributed by atoms with Crippen LogP contribution in [0.15, 0.2) is 11.6 Å². The van der Waals surface area contributed by atoms with Crippen LogP contribution in [0.1, 0.15) is 54.9 Å². The van der Waals surface area contributed by atoms with Gasteiger partial charge in [0.25, 0.3) is 0 Å². The number of carbonyl (C=O) groups excluding carboxylic acids is 4. The summed E-state index contributed by atoms with van der Waals surface area (Å²) in [5, 5.41) is 37.5. The van der Waals surface area contributed by atoms with E-state index in [0.717, 1.165) is 20.8 Å². The Morgan fingerprint density at radius 3 is 2.16 bits per heavy atom. The number of ketones is 1. The SMILES string of the molecule is CC(=O)OC[C@]1(O)[C@@H]2OC(C)(C)[C@@H]3C(=O)C[C@@H](C)[C@@](O)([C@H]32)[C@@H]2C=C(C)[C@H](OC(C)=O)[C@@]2(O)[C@@H]1OC(C)=O. The molecule has 0 aromatic carbocycles. The molecule has 3 N–H and O–H groups in total. The lowest BCUT2D eigenvalue weighted by atomic mass is 9.54. The zero-order valence-electron chi connectivity index (χ0n) is 22.1. The van der Waals surface area contributed by atoms with Crippen molar-refractivity contribution in [2.24, 2.45) is 23.7 Å². The second-order valence-electron chi connectivity index (χ2n) is 11.6. The highest BCUT2D eigenvalue weighted by atomic mass is 16.6. The van der Waals surface area contributed by atoms with E-state index in [4.69, 9.17) is 18.9 Å². The minimum Gasteiger partial charge on any atom is -0.463 e. The van der Waals surface area contributed by atoms with Crippen molar-refractivity contribution in [3.05, 3.63) is 11.6 Å². The maximum Gasteiger partial charge on any atom is 0.303 e. The van der Waals surface area contributed by atoms with Crippen molar-refractivity contribution in [2.75, 3.05) is 6.61 Å². The van der Waals surface area contributed by atoms with Crippen LogP contribution >= 0.6 is 0 Å². The first-order chi connectivity index (χ1) is 16.9. The maximum absolute atomic E-state index is 13.4. The van der Waals surface area contributed by atoms with E-state index in [1.807, 2.05) is 0 Å². The average Bonchev–Trinajstić information content (AvgIpc) is 3.19. The number of aliphatic hydroxyl groups is 3. The Morgan fingerprint density at radius 1 is 1.03 bits per heavy atom. The fraction of sp³-hybridized carbons (Fsp3) is 0.769. The summed E-state index contributed by atoms with van der Waals surface area (Å²) in [5.41, 5.74) is -7.52. The zero-order valence-corrected chi connectivity index (χ0v) is 22.1. The van der Waals surface area contributed by atoms with Crippen LogP contribution in [-0.4, -0.2) is 86.3 Å². The summed E-state index contributed by atoms with van der Waals surface area (Å²) in [6, 6.07) is 0. The van der Waals surface area contributed by atoms with Crippen molar-refractivity contribution in [3.8, 4) is 0 Å². The number of hydrogen-bond acceptors (Lipinski definition) is 11. The molecule has 0 bridgehead atoms. The fourth-order valence-corrected chi connectivity index (χ4v) is 7.48. The smallest absolute Gasteiger partial charge is 0.303 e. The van der Waals surface area contributed by atoms with Gasteiger partial charge in [-0.3, -0.25) is 19.2 Å². The molecule has 11 heteroatoms. The molecule has 1 aliphatic heterocycles. The molecule has 0 aromatic rings. The van der Waals surface area contributed by atoms with Gasteiger partial charge in [-0.05, 0) is 32.3 Å². The molecule has 0 aromatic heterocycles. The van der Waals surface area contributed by atoms with Gasteiger partial charge in [-0.1, -0.05) is 13.0 Å². The van der Waals surface area contributed by atoms with E-state index in [1.165, 1.54) is 0 Å². The van der Waals surface area contributed by atoms with Gasteiger partial charge in [-0.25, -0.2) is 0 Å². The molecule has 0 radical (unpaired) electrons. The summed E-state index contributed by atoms with van der Waals surface area (Å²) in [4.78, 5) is 49.8. The van der Waals surface area contributed by atoms with Gasteiger partial charge < -0.3 is 34.3 Å². The molecule has 1 saturated heterocycles. The van der Waals surface area contributed by atoms with Crippen LogP contribution in [0.5, 0.6) is 0 Å². The standard InChI is InChI=1S/C26H36O11/c1-11-8-17-25(32)12(2)9-16(30)18-19(25)21(37-23(18,6)7)24(31,10-34-13(3)27)22(36-15(5)29)26(17,33)20(11)35-14(4)28/h8,12,17-22,31-33H,9-10H2,1-7H3/t12-,17+,18-,19-,20+,21-,22-,24+,25+,26-/m1/s1. The highest BCUT2D eigenvalue weighted by Gasteiger charge is 2.80. The van der Waals surface area contributed by atoms with Crippen LogP contribution < -0.4 is 0 Å². The van der Waals surface area contributed by atoms with Gasteiger partial charge in [0, 0.05) is 39.0 Å². The first-order valence-corrected chi connectivity index (χ1v) is 12.5. The van der Waals surface area contributed by atoms with Gasteiger partial charge in [0.15, 0.2) is 23.4 Å². The van der Waals surface area contributed by atoms with Crippen LogP contribution in [0.25, 0.3) is 0 Å². The van der Waals surface area contributed by atoms with Crippen molar-refractivity contribution in [3.63, 3.8) is 0 Å². The van der Waals surface area contributed by atoms with Crippen LogP contribution in [0.4, 0.5) is 0 Å². The molecule has 3 fully saturated rings. The Kier molecular flexibility index (Phi) is 6.43. The van der Waals surface area contributed by atoms with Crippen molar-refractivity contribution in [2.45, 2.75) is 95.6 Å². The van der Waals surface area contributed by atoms with Gasteiger partial charge in [-0.15, -0.1) is 0 Å². The van der Waals surface area contributed by atoms with E-state index in [-0.39, 0.29) is 12.2 Å². The predicted molar refractivity (Wildman–Crippen MR) is 125 cm³/mol. The van der Waals surface area contributed by atoms with E-state index in [0.29, 0.717) is 5.57 Å². The van der Waals surface area contributed by atoms with Crippen LogP contribution in [0, 0.1) is 23.7 Å². The van der Waals surface area contributed by atoms with E-state index in [1.54, 1.807) is 33.8 Å². The summed E-state index contributed by atoms with van der Waals surface area (Å²) < 4.78 is 22.6. The molecule has 206 valence electrons. The molecule has 37 heavy (non-hydrogen) atoms. The lowest BCUT2D eigenvalue weighted by Crippen LogP contribution is -2.70. The minimum atomic E-state index is -2.44. The van der Waals surface area contributed by atoms with Crippen LogP contribution in [0.2, 0.25) is 0 Å². The first-order valence-electron chi connectivity index (χ1n) is 12.5. The van der Waals surface area contributed by atoms with Gasteiger partial charge >= 0.3 is 17.9 Å². The number of hydrogen-bond donors (Lipinski definition) is 3. The molecular weight excluding hydrogens is 488 g/mol. The molecule has 1 heterocycles. The van der Waals surface area contributed by atoms with Crippen molar-refractivity contribution < 1.29 is 53.4 Å². The Morgan fingerprint density at radius 2 is 1.62 bits per heavy atom. The van der Waals surface area contributed by atoms with Crippen molar-refractivity contribution in [1.29, 1.82) is 0 Å². The summed E-state index contributed by atoms with van der Waals surface area (Å²) in [5.74, 6) is -6.57. The molecule has 0 spiro atoms. The Bertz CT molecular complexity index is 1060. The second-order valence-corrected chi connectivity index (χ2v) is 11.6. The molecule has 4 rings (SSSR count). The molecule has 2 saturated carbocycles. The lowest BCUT2D eigenvalue weighted by Gasteiger charge is -2.52. The molecule has 3 aliphatic carbocycles. The molecule has 10 atom stereocenters. The van der Waals surface area contributed by atoms with Gasteiger partial charge in [0.2, 0.25) is 0 Å². The van der Waals surface area contributed by atoms with Gasteiger partial charge in [0.1, 0.15) is 18.5 Å². The number of carbonyl (C=O) groups is 4. The summed E-state index contributed by atoms with van der Waals surface area (Å²) in [7, 11) is 0. The third-order valence-corrected chi connectivity index (χ3v) is 8.74. The molecular formula is C26H36O11. The van der Waals surface area contributed by atoms with Crippen LogP contribution in [-0.2, 0) is 38.1 Å². The largest absolute Gasteiger partial charge is 0.463 e. The van der Waals surface area contributed by atoms with Crippen molar-refractivity contribution >= 4 is 23.7 Å². The molecule has 0 amide bonds. The highest BCUT2D eigenvalue weighted by Crippen LogP contribution is 2.64. The molecule has 4 aliphatic rings. The minimum absolute atomic E-state index is 0.0323. The fourth-order valence-electron chi connectivity index (χ4n) is 7.48. The molecule has 0 unspecified atom stereocenters. The summed E-state index contributed by atoms with van der Waals surface area (Å²) in [6.07, 6.45) is -3.21. The third-order valence-electron chi connectivity index (χ3n) is 8.74. The Labute approximate surface area is 215 Å². The van der Waals surface area contributed by atoms with E-state index in [2.05, 4.69) is 0 Å². The number of ether oxygens (including phenoxy) is 4. The van der Waals surface area contributed by atoms with Crippen molar-refractivity contribution in [1.82, 2.24) is 0 Å². The number of esters is 3. The van der Waals surface area contributed by atoms with Gasteiger partial charge in [0.05, 0.1) is 17.1 Å². The van der Waals surface area contributed by atoms with E-state index in [9.17, 15) is 34.5 Å².